The lowest BCUT2D eigenvalue weighted by molar-refractivity contribution is -0.123. The van der Waals surface area contributed by atoms with Gasteiger partial charge < -0.3 is 4.74 Å². The molecule has 3 aromatic rings. The van der Waals surface area contributed by atoms with Gasteiger partial charge >= 0.3 is 0 Å². The molecule has 4 nitrogen and oxygen atoms in total. The van der Waals surface area contributed by atoms with Gasteiger partial charge in [0.15, 0.2) is 0 Å². The molecule has 3 aromatic carbocycles. The van der Waals surface area contributed by atoms with Gasteiger partial charge in [-0.05, 0) is 59.4 Å². The minimum atomic E-state index is -0.489. The predicted octanol–water partition coefficient (Wildman–Crippen LogP) is 5.83. The molecule has 1 unspecified atom stereocenters. The van der Waals surface area contributed by atoms with Crippen molar-refractivity contribution in [2.24, 2.45) is 11.8 Å². The molecule has 172 valence electrons. The third-order valence-electron chi connectivity index (χ3n) is 8.21. The molecule has 34 heavy (non-hydrogen) atoms. The Labute approximate surface area is 200 Å². The number of amides is 2. The van der Waals surface area contributed by atoms with Gasteiger partial charge in [0.1, 0.15) is 5.75 Å². The van der Waals surface area contributed by atoms with E-state index in [4.69, 9.17) is 4.74 Å². The Morgan fingerprint density at radius 1 is 0.824 bits per heavy atom. The number of carbonyl (C=O) groups is 2. The molecule has 1 saturated heterocycles. The molecule has 1 heterocycles. The van der Waals surface area contributed by atoms with Crippen LogP contribution in [0.4, 0.5) is 5.69 Å². The molecule has 0 radical (unpaired) electrons. The van der Waals surface area contributed by atoms with Crippen molar-refractivity contribution >= 4 is 17.5 Å². The zero-order valence-corrected chi connectivity index (χ0v) is 19.7. The van der Waals surface area contributed by atoms with Crippen LogP contribution in [0, 0.1) is 11.8 Å². The van der Waals surface area contributed by atoms with E-state index >= 15 is 0 Å². The van der Waals surface area contributed by atoms with Gasteiger partial charge in [-0.3, -0.25) is 9.59 Å². The molecule has 3 aliphatic carbocycles. The van der Waals surface area contributed by atoms with Crippen molar-refractivity contribution in [2.75, 3.05) is 11.5 Å². The molecule has 0 saturated carbocycles. The molecular weight excluding hydrogens is 422 g/mol. The summed E-state index contributed by atoms with van der Waals surface area (Å²) >= 11 is 0. The van der Waals surface area contributed by atoms with Crippen LogP contribution < -0.4 is 9.64 Å². The summed E-state index contributed by atoms with van der Waals surface area (Å²) in [5, 5.41) is 0. The highest BCUT2D eigenvalue weighted by molar-refractivity contribution is 6.23. The van der Waals surface area contributed by atoms with Gasteiger partial charge in [0.25, 0.3) is 0 Å². The number of ether oxygens (including phenoxy) is 1. The van der Waals surface area contributed by atoms with Crippen LogP contribution in [-0.2, 0) is 15.0 Å². The Balaban J connectivity index is 1.46. The highest BCUT2D eigenvalue weighted by atomic mass is 16.5. The van der Waals surface area contributed by atoms with Gasteiger partial charge in [-0.15, -0.1) is 0 Å². The minimum Gasteiger partial charge on any atom is -0.494 e. The monoisotopic (exact) mass is 451 g/mol. The zero-order valence-electron chi connectivity index (χ0n) is 19.7. The fraction of sp³-hybridized carbons (Fsp3) is 0.333. The summed E-state index contributed by atoms with van der Waals surface area (Å²) in [5.41, 5.74) is 4.97. The van der Waals surface area contributed by atoms with Crippen molar-refractivity contribution in [2.45, 2.75) is 44.4 Å². The van der Waals surface area contributed by atoms with Crippen LogP contribution in [0.15, 0.2) is 72.8 Å². The summed E-state index contributed by atoms with van der Waals surface area (Å²) in [6, 6.07) is 24.3. The van der Waals surface area contributed by atoms with Crippen molar-refractivity contribution in [3.63, 3.8) is 0 Å². The Morgan fingerprint density at radius 2 is 1.44 bits per heavy atom. The maximum absolute atomic E-state index is 14.1. The standard InChI is InChI=1S/C30H29NO3/c1-3-5-18-34-20-16-14-19(15-17-20)31-28(32)26-25-21-10-6-8-12-23(21)30(4-2,27(26)29(31)33)24-13-9-7-11-22(24)25/h6-17,25-27H,3-5,18H2,1-2H3/t25?,26-,27?,30?/m1/s1. The smallest absolute Gasteiger partial charge is 0.238 e. The highest BCUT2D eigenvalue weighted by Crippen LogP contribution is 2.65. The Bertz CT molecular complexity index is 1230. The van der Waals surface area contributed by atoms with Crippen LogP contribution in [0.5, 0.6) is 5.75 Å². The van der Waals surface area contributed by atoms with Crippen LogP contribution >= 0.6 is 0 Å². The number of imide groups is 1. The number of unbranched alkanes of at least 4 members (excludes halogenated alkanes) is 1. The van der Waals surface area contributed by atoms with E-state index < -0.39 is 5.41 Å². The Hall–Kier alpha value is -3.40. The lowest BCUT2D eigenvalue weighted by Crippen LogP contribution is -2.53. The molecule has 4 aliphatic rings. The molecular formula is C30H29NO3. The lowest BCUT2D eigenvalue weighted by atomic mass is 9.46. The number of hydrogen-bond donors (Lipinski definition) is 0. The number of anilines is 1. The second kappa shape index (κ2) is 7.83. The first-order valence-electron chi connectivity index (χ1n) is 12.4. The zero-order chi connectivity index (χ0) is 23.4. The summed E-state index contributed by atoms with van der Waals surface area (Å²) in [6.45, 7) is 4.95. The van der Waals surface area contributed by atoms with Crippen molar-refractivity contribution < 1.29 is 14.3 Å². The van der Waals surface area contributed by atoms with E-state index in [9.17, 15) is 9.59 Å². The fourth-order valence-corrected chi connectivity index (χ4v) is 6.81. The van der Waals surface area contributed by atoms with Gasteiger partial charge in [0.2, 0.25) is 11.8 Å². The van der Waals surface area contributed by atoms with Crippen LogP contribution in [0.3, 0.4) is 0 Å². The SMILES string of the molecule is CCCCOc1ccc(N2C(=O)C3[C@H](C2=O)C2c4ccccc4C3(CC)c3ccccc32)cc1. The van der Waals surface area contributed by atoms with Crippen LogP contribution in [-0.4, -0.2) is 18.4 Å². The van der Waals surface area contributed by atoms with Gasteiger partial charge in [-0.25, -0.2) is 4.90 Å². The molecule has 7 rings (SSSR count). The highest BCUT2D eigenvalue weighted by Gasteiger charge is 2.67. The Morgan fingerprint density at radius 3 is 2.03 bits per heavy atom. The molecule has 0 aromatic heterocycles. The van der Waals surface area contributed by atoms with E-state index in [2.05, 4.69) is 62.4 Å². The fourth-order valence-electron chi connectivity index (χ4n) is 6.81. The summed E-state index contributed by atoms with van der Waals surface area (Å²) in [7, 11) is 0. The number of benzene rings is 3. The number of nitrogens with zero attached hydrogens (tertiary/aromatic N) is 1. The van der Waals surface area contributed by atoms with Crippen LogP contribution in [0.1, 0.15) is 61.3 Å². The largest absolute Gasteiger partial charge is 0.494 e. The number of rotatable bonds is 6. The van der Waals surface area contributed by atoms with Gasteiger partial charge in [0.05, 0.1) is 24.1 Å². The molecule has 0 N–H and O–H groups in total. The summed E-state index contributed by atoms with van der Waals surface area (Å²) in [5.74, 6) is -0.257. The number of carbonyl (C=O) groups excluding carboxylic acids is 2. The number of hydrogen-bond acceptors (Lipinski definition) is 3. The van der Waals surface area contributed by atoms with Crippen molar-refractivity contribution in [3.05, 3.63) is 95.1 Å². The van der Waals surface area contributed by atoms with Gasteiger partial charge in [-0.2, -0.15) is 0 Å². The average molecular weight is 452 g/mol. The van der Waals surface area contributed by atoms with E-state index in [0.29, 0.717) is 12.3 Å². The van der Waals surface area contributed by atoms with E-state index in [0.717, 1.165) is 25.0 Å². The quantitative estimate of drug-likeness (QED) is 0.350. The lowest BCUT2D eigenvalue weighted by Gasteiger charge is -2.54. The molecule has 2 bridgehead atoms. The van der Waals surface area contributed by atoms with Crippen molar-refractivity contribution in [3.8, 4) is 5.75 Å². The molecule has 2 atom stereocenters. The second-order valence-electron chi connectivity index (χ2n) is 9.69. The second-order valence-corrected chi connectivity index (χ2v) is 9.69. The van der Waals surface area contributed by atoms with Gasteiger partial charge in [0, 0.05) is 11.3 Å². The maximum Gasteiger partial charge on any atom is 0.238 e. The van der Waals surface area contributed by atoms with Crippen LogP contribution in [0.2, 0.25) is 0 Å². The molecule has 0 spiro atoms. The summed E-state index contributed by atoms with van der Waals surface area (Å²) in [6.07, 6.45) is 2.84. The summed E-state index contributed by atoms with van der Waals surface area (Å²) in [4.78, 5) is 29.5. The first-order valence-corrected chi connectivity index (χ1v) is 12.4. The molecule has 1 aliphatic heterocycles. The third kappa shape index (κ3) is 2.65. The summed E-state index contributed by atoms with van der Waals surface area (Å²) < 4.78 is 5.79. The van der Waals surface area contributed by atoms with Crippen LogP contribution in [0.25, 0.3) is 0 Å². The van der Waals surface area contributed by atoms with Gasteiger partial charge in [-0.1, -0.05) is 68.8 Å². The van der Waals surface area contributed by atoms with E-state index in [1.54, 1.807) is 0 Å². The Kier molecular flexibility index (Phi) is 4.87. The van der Waals surface area contributed by atoms with Crippen molar-refractivity contribution in [1.82, 2.24) is 0 Å². The van der Waals surface area contributed by atoms with E-state index in [1.165, 1.54) is 27.2 Å². The van der Waals surface area contributed by atoms with E-state index in [-0.39, 0.29) is 29.6 Å². The van der Waals surface area contributed by atoms with E-state index in [1.807, 2.05) is 24.3 Å². The minimum absolute atomic E-state index is 0.0782. The molecule has 1 fully saturated rings. The third-order valence-corrected chi connectivity index (χ3v) is 8.21. The predicted molar refractivity (Wildman–Crippen MR) is 132 cm³/mol. The molecule has 4 heteroatoms. The first-order chi connectivity index (χ1) is 16.6. The molecule has 2 amide bonds. The normalized spacial score (nSPS) is 26.3. The first kappa shape index (κ1) is 21.2. The van der Waals surface area contributed by atoms with Crippen molar-refractivity contribution in [1.29, 1.82) is 0 Å². The average Bonchev–Trinajstić information content (AvgIpc) is 3.15. The maximum atomic E-state index is 14.1. The topological polar surface area (TPSA) is 46.6 Å².